The first kappa shape index (κ1) is 25.2. The summed E-state index contributed by atoms with van der Waals surface area (Å²) in [6, 6.07) is -2.34. The van der Waals surface area contributed by atoms with Gasteiger partial charge >= 0.3 is 23.9 Å². The number of methoxy groups -OCH3 is 1. The fraction of sp³-hybridized carbons (Fsp3) is 0.588. The minimum absolute atomic E-state index is 0.273. The van der Waals surface area contributed by atoms with Crippen molar-refractivity contribution >= 4 is 30.3 Å². The quantitative estimate of drug-likeness (QED) is 0.117. The second-order valence-electron chi connectivity index (χ2n) is 6.14. The van der Waals surface area contributed by atoms with E-state index in [1.165, 1.54) is 0 Å². The van der Waals surface area contributed by atoms with E-state index in [0.29, 0.717) is 0 Å². The molecule has 0 saturated heterocycles. The summed E-state index contributed by atoms with van der Waals surface area (Å²) in [5, 5.41) is 5.89. The number of nitrogens with one attached hydrogen (secondary N) is 1. The Labute approximate surface area is 176 Å². The van der Waals surface area contributed by atoms with Crippen molar-refractivity contribution in [2.45, 2.75) is 51.2 Å². The third-order valence-corrected chi connectivity index (χ3v) is 3.90. The Morgan fingerprint density at radius 1 is 1.23 bits per heavy atom. The van der Waals surface area contributed by atoms with Gasteiger partial charge in [-0.3, -0.25) is 19.2 Å². The van der Waals surface area contributed by atoms with Crippen LogP contribution < -0.4 is 5.32 Å². The Balaban J connectivity index is 3.51. The molecule has 31 heavy (non-hydrogen) atoms. The highest BCUT2D eigenvalue weighted by Crippen LogP contribution is 2.28. The lowest BCUT2D eigenvalue weighted by Crippen LogP contribution is -2.60. The van der Waals surface area contributed by atoms with E-state index in [-0.39, 0.29) is 6.41 Å². The topological polar surface area (TPSA) is 192 Å². The number of carbonyl (C=O) groups excluding carboxylic acids is 5. The lowest BCUT2D eigenvalue weighted by molar-refractivity contribution is -0.187. The largest absolute Gasteiger partial charge is 0.477 e. The van der Waals surface area contributed by atoms with Gasteiger partial charge in [0.2, 0.25) is 12.2 Å². The molecule has 1 heterocycles. The fourth-order valence-electron chi connectivity index (χ4n) is 2.79. The maximum Gasteiger partial charge on any atom is 0.372 e. The second kappa shape index (κ2) is 12.0. The number of rotatable bonds is 10. The predicted molar refractivity (Wildman–Crippen MR) is 98.6 cm³/mol. The summed E-state index contributed by atoms with van der Waals surface area (Å²) in [5.41, 5.74) is 8.87. The van der Waals surface area contributed by atoms with Crippen LogP contribution in [0.5, 0.6) is 0 Å². The molecule has 0 radical (unpaired) electrons. The molecule has 0 saturated carbocycles. The molecule has 0 aromatic heterocycles. The molecule has 5 atom stereocenters. The van der Waals surface area contributed by atoms with Crippen molar-refractivity contribution < 1.29 is 47.7 Å². The molecule has 1 aliphatic heterocycles. The van der Waals surface area contributed by atoms with Crippen molar-refractivity contribution in [2.75, 3.05) is 13.7 Å². The van der Waals surface area contributed by atoms with Gasteiger partial charge in [-0.15, -0.1) is 0 Å². The summed E-state index contributed by atoms with van der Waals surface area (Å²) < 4.78 is 25.5. The maximum atomic E-state index is 12.0. The van der Waals surface area contributed by atoms with Crippen LogP contribution in [-0.4, -0.2) is 74.4 Å². The summed E-state index contributed by atoms with van der Waals surface area (Å²) >= 11 is 0. The first-order valence-corrected chi connectivity index (χ1v) is 8.83. The zero-order valence-electron chi connectivity index (χ0n) is 17.2. The summed E-state index contributed by atoms with van der Waals surface area (Å²) in [5.74, 6) is -3.71. The Morgan fingerprint density at radius 2 is 1.87 bits per heavy atom. The monoisotopic (exact) mass is 442 g/mol. The third kappa shape index (κ3) is 7.51. The molecule has 0 unspecified atom stereocenters. The molecule has 1 rings (SSSR count). The Hall–Kier alpha value is -3.80. The molecular formula is C17H22N4O10. The minimum atomic E-state index is -1.50. The van der Waals surface area contributed by atoms with E-state index in [2.05, 4.69) is 20.1 Å². The van der Waals surface area contributed by atoms with Crippen molar-refractivity contribution in [3.8, 4) is 0 Å². The standard InChI is InChI=1S/C17H22N4O10/c1-8(23)28-6-13(29-9(2)24)15(30-10(3)25)16-14(19-7-22)11(20-21-18)5-12(31-16)17(26)27-4/h5,7,11,13-16H,6H2,1-4H3,(H,19,22)/t11-,13+,14+,15+,16+/m0/s1. The first-order chi connectivity index (χ1) is 14.6. The van der Waals surface area contributed by atoms with E-state index in [0.717, 1.165) is 34.0 Å². The molecule has 1 N–H and O–H groups in total. The maximum absolute atomic E-state index is 12.0. The molecule has 0 bridgehead atoms. The average molecular weight is 442 g/mol. The predicted octanol–water partition coefficient (Wildman–Crippen LogP) is -0.338. The summed E-state index contributed by atoms with van der Waals surface area (Å²) in [6.07, 6.45) is -2.92. The zero-order chi connectivity index (χ0) is 23.6. The highest BCUT2D eigenvalue weighted by atomic mass is 16.6. The van der Waals surface area contributed by atoms with E-state index >= 15 is 0 Å². The highest BCUT2D eigenvalue weighted by molar-refractivity contribution is 5.86. The van der Waals surface area contributed by atoms with Crippen LogP contribution in [0.3, 0.4) is 0 Å². The second-order valence-corrected chi connectivity index (χ2v) is 6.14. The first-order valence-electron chi connectivity index (χ1n) is 8.83. The summed E-state index contributed by atoms with van der Waals surface area (Å²) in [6.45, 7) is 2.69. The van der Waals surface area contributed by atoms with Gasteiger partial charge in [0.05, 0.1) is 19.2 Å². The number of hydrogen-bond donors (Lipinski definition) is 1. The van der Waals surface area contributed by atoms with Crippen LogP contribution in [0, 0.1) is 0 Å². The number of ether oxygens (including phenoxy) is 5. The minimum Gasteiger partial charge on any atom is -0.477 e. The fourth-order valence-corrected chi connectivity index (χ4v) is 2.79. The summed E-state index contributed by atoms with van der Waals surface area (Å²) in [7, 11) is 1.08. The lowest BCUT2D eigenvalue weighted by atomic mass is 9.92. The van der Waals surface area contributed by atoms with Crippen molar-refractivity contribution in [2.24, 2.45) is 5.11 Å². The number of nitrogens with zero attached hydrogens (tertiary/aromatic N) is 3. The normalized spacial score (nSPS) is 21.5. The molecule has 0 aromatic rings. The molecule has 14 nitrogen and oxygen atoms in total. The number of hydrogen-bond acceptors (Lipinski definition) is 11. The Bertz CT molecular complexity index is 792. The lowest BCUT2D eigenvalue weighted by Gasteiger charge is -2.40. The van der Waals surface area contributed by atoms with Crippen LogP contribution >= 0.6 is 0 Å². The van der Waals surface area contributed by atoms with Crippen molar-refractivity contribution in [1.82, 2.24) is 5.32 Å². The van der Waals surface area contributed by atoms with Crippen molar-refractivity contribution in [3.05, 3.63) is 22.3 Å². The van der Waals surface area contributed by atoms with Crippen LogP contribution in [0.15, 0.2) is 16.9 Å². The average Bonchev–Trinajstić information content (AvgIpc) is 2.69. The van der Waals surface area contributed by atoms with Gasteiger partial charge < -0.3 is 29.0 Å². The van der Waals surface area contributed by atoms with Crippen LogP contribution in [0.4, 0.5) is 0 Å². The van der Waals surface area contributed by atoms with Gasteiger partial charge in [0.25, 0.3) is 0 Å². The van der Waals surface area contributed by atoms with Gasteiger partial charge in [0.1, 0.15) is 6.61 Å². The molecule has 0 aromatic carbocycles. The Kier molecular flexibility index (Phi) is 9.79. The van der Waals surface area contributed by atoms with Crippen LogP contribution in [-0.2, 0) is 47.7 Å². The smallest absolute Gasteiger partial charge is 0.372 e. The molecular weight excluding hydrogens is 420 g/mol. The summed E-state index contributed by atoms with van der Waals surface area (Å²) in [4.78, 5) is 60.5. The molecule has 1 aliphatic rings. The number of azide groups is 1. The van der Waals surface area contributed by atoms with Crippen molar-refractivity contribution in [3.63, 3.8) is 0 Å². The van der Waals surface area contributed by atoms with Gasteiger partial charge in [-0.1, -0.05) is 5.11 Å². The zero-order valence-corrected chi connectivity index (χ0v) is 17.2. The van der Waals surface area contributed by atoms with Gasteiger partial charge in [0, 0.05) is 25.7 Å². The number of esters is 4. The van der Waals surface area contributed by atoms with Crippen molar-refractivity contribution in [1.29, 1.82) is 0 Å². The highest BCUT2D eigenvalue weighted by Gasteiger charge is 2.47. The van der Waals surface area contributed by atoms with Crippen LogP contribution in [0.1, 0.15) is 20.8 Å². The van der Waals surface area contributed by atoms with Gasteiger partial charge in [-0.25, -0.2) is 4.79 Å². The number of carbonyl (C=O) groups is 5. The molecule has 1 amide bonds. The molecule has 0 fully saturated rings. The van der Waals surface area contributed by atoms with E-state index in [9.17, 15) is 24.0 Å². The van der Waals surface area contributed by atoms with Gasteiger partial charge in [0.15, 0.2) is 18.3 Å². The van der Waals surface area contributed by atoms with Crippen LogP contribution in [0.2, 0.25) is 0 Å². The van der Waals surface area contributed by atoms with Gasteiger partial charge in [-0.05, 0) is 11.6 Å². The molecule has 170 valence electrons. The number of amides is 1. The van der Waals surface area contributed by atoms with E-state index in [1.54, 1.807) is 0 Å². The third-order valence-electron chi connectivity index (χ3n) is 3.90. The van der Waals surface area contributed by atoms with Gasteiger partial charge in [-0.2, -0.15) is 0 Å². The molecule has 0 aliphatic carbocycles. The van der Waals surface area contributed by atoms with E-state index in [1.807, 2.05) is 0 Å². The van der Waals surface area contributed by atoms with E-state index in [4.69, 9.17) is 24.5 Å². The molecule has 0 spiro atoms. The van der Waals surface area contributed by atoms with E-state index < -0.39 is 66.6 Å². The molecule has 14 heteroatoms. The Morgan fingerprint density at radius 3 is 2.35 bits per heavy atom. The van der Waals surface area contributed by atoms with Crippen LogP contribution in [0.25, 0.3) is 10.4 Å². The SMILES string of the molecule is COC(=O)C1=C[C@H](N=[N+]=[N-])[C@@H](NC=O)[C@H]([C@H](OC(C)=O)[C@@H](COC(C)=O)OC(C)=O)O1.